The van der Waals surface area contributed by atoms with E-state index in [4.69, 9.17) is 0 Å². The Kier molecular flexibility index (Phi) is 8.08. The molecular weight excluding hydrogens is 518 g/mol. The van der Waals surface area contributed by atoms with Gasteiger partial charge >= 0.3 is 18.3 Å². The van der Waals surface area contributed by atoms with Crippen molar-refractivity contribution in [3.05, 3.63) is 94.6 Å². The van der Waals surface area contributed by atoms with Crippen LogP contribution in [0.15, 0.2) is 60.9 Å². The number of hydrogen-bond donors (Lipinski definition) is 0. The summed E-state index contributed by atoms with van der Waals surface area (Å²) in [7, 11) is 1.25. The van der Waals surface area contributed by atoms with Crippen molar-refractivity contribution in [2.24, 2.45) is 0 Å². The molecule has 2 heterocycles. The molecule has 0 saturated heterocycles. The Morgan fingerprint density at radius 1 is 0.763 bits per heavy atom. The smallest absolute Gasteiger partial charge is 0.416 e. The van der Waals surface area contributed by atoms with Crippen LogP contribution in [-0.4, -0.2) is 38.9 Å². The highest BCUT2D eigenvalue weighted by molar-refractivity contribution is 5.90. The first-order valence-electron chi connectivity index (χ1n) is 10.8. The van der Waals surface area contributed by atoms with Gasteiger partial charge in [-0.1, -0.05) is 0 Å². The normalized spacial score (nSPS) is 11.5. The molecule has 0 spiro atoms. The molecule has 4 aromatic rings. The number of benzene rings is 2. The fraction of sp³-hybridized carbons (Fsp3) is 0.200. The van der Waals surface area contributed by atoms with Gasteiger partial charge in [0.25, 0.3) is 0 Å². The average molecular weight is 538 g/mol. The van der Waals surface area contributed by atoms with Crippen molar-refractivity contribution in [1.82, 2.24) is 19.6 Å². The maximum Gasteiger partial charge on any atom is 0.416 e. The molecule has 0 amide bonds. The highest BCUT2D eigenvalue weighted by Crippen LogP contribution is 2.30. The lowest BCUT2D eigenvalue weighted by atomic mass is 10.2. The van der Waals surface area contributed by atoms with Crippen molar-refractivity contribution in [2.75, 3.05) is 7.11 Å². The van der Waals surface area contributed by atoms with Crippen LogP contribution < -0.4 is 0 Å². The molecule has 38 heavy (non-hydrogen) atoms. The van der Waals surface area contributed by atoms with E-state index in [1.807, 2.05) is 0 Å². The van der Waals surface area contributed by atoms with Crippen molar-refractivity contribution in [3.8, 4) is 11.4 Å². The van der Waals surface area contributed by atoms with Crippen molar-refractivity contribution in [1.29, 1.82) is 0 Å². The number of halogens is 6. The third-order valence-electron chi connectivity index (χ3n) is 5.29. The summed E-state index contributed by atoms with van der Waals surface area (Å²) < 4.78 is 81.8. The first-order valence-corrected chi connectivity index (χ1v) is 10.8. The predicted molar refractivity (Wildman–Crippen MR) is 123 cm³/mol. The lowest BCUT2D eigenvalue weighted by molar-refractivity contribution is -0.138. The van der Waals surface area contributed by atoms with Crippen LogP contribution >= 0.6 is 0 Å². The molecule has 0 aliphatic heterocycles. The number of methoxy groups -OCH3 is 1. The van der Waals surface area contributed by atoms with Crippen molar-refractivity contribution in [2.45, 2.75) is 26.2 Å². The fourth-order valence-corrected chi connectivity index (χ4v) is 3.23. The Balaban J connectivity index is 0.000000212. The summed E-state index contributed by atoms with van der Waals surface area (Å²) in [6, 6.07) is 9.08. The molecule has 13 heteroatoms. The van der Waals surface area contributed by atoms with Gasteiger partial charge in [0.2, 0.25) is 0 Å². The zero-order valence-electron chi connectivity index (χ0n) is 20.1. The van der Waals surface area contributed by atoms with Gasteiger partial charge in [0.1, 0.15) is 5.56 Å². The highest BCUT2D eigenvalue weighted by Gasteiger charge is 2.30. The SMILES string of the molecule is COC(=O)c1cn(-c2ccc(C(F)(F)F)cc2)nc1C.Cc1nn(-c2ccc(C(F)(F)F)cc2)cc1C=O. The highest BCUT2D eigenvalue weighted by atomic mass is 19.4. The van der Waals surface area contributed by atoms with E-state index < -0.39 is 29.4 Å². The van der Waals surface area contributed by atoms with E-state index in [-0.39, 0.29) is 5.56 Å². The summed E-state index contributed by atoms with van der Waals surface area (Å²) in [4.78, 5) is 22.1. The van der Waals surface area contributed by atoms with E-state index in [2.05, 4.69) is 14.9 Å². The number of nitrogens with zero attached hydrogens (tertiary/aromatic N) is 4. The number of carbonyl (C=O) groups excluding carboxylic acids is 2. The fourth-order valence-electron chi connectivity index (χ4n) is 3.23. The summed E-state index contributed by atoms with van der Waals surface area (Å²) in [5.41, 5.74) is 1.10. The molecule has 0 aliphatic carbocycles. The molecule has 0 atom stereocenters. The topological polar surface area (TPSA) is 79.0 Å². The summed E-state index contributed by atoms with van der Waals surface area (Å²) in [5, 5.41) is 8.12. The van der Waals surface area contributed by atoms with Crippen LogP contribution in [0, 0.1) is 13.8 Å². The Morgan fingerprint density at radius 3 is 1.55 bits per heavy atom. The van der Waals surface area contributed by atoms with Crippen LogP contribution in [0.5, 0.6) is 0 Å². The average Bonchev–Trinajstić information content (AvgIpc) is 3.45. The standard InChI is InChI=1S/C13H11F3N2O2.C12H9F3N2O/c1-8-11(12(19)20-2)7-18(17-8)10-5-3-9(4-6-10)13(14,15)16;1-8-9(7-18)6-17(16-8)11-4-2-10(3-5-11)12(13,14)15/h3-7H,1-2H3;2-7H,1H3. The van der Waals surface area contributed by atoms with Gasteiger partial charge < -0.3 is 4.74 Å². The second kappa shape index (κ2) is 10.9. The van der Waals surface area contributed by atoms with Gasteiger partial charge in [0.15, 0.2) is 6.29 Å². The first-order chi connectivity index (χ1) is 17.7. The molecule has 7 nitrogen and oxygen atoms in total. The molecule has 200 valence electrons. The van der Waals surface area contributed by atoms with Gasteiger partial charge in [-0.3, -0.25) is 4.79 Å². The lowest BCUT2D eigenvalue weighted by Crippen LogP contribution is -2.05. The summed E-state index contributed by atoms with van der Waals surface area (Å²) in [6.45, 7) is 3.27. The van der Waals surface area contributed by atoms with E-state index in [9.17, 15) is 35.9 Å². The maximum absolute atomic E-state index is 12.5. The number of aromatic nitrogens is 4. The van der Waals surface area contributed by atoms with E-state index >= 15 is 0 Å². The Labute approximate surface area is 212 Å². The molecule has 0 N–H and O–H groups in total. The molecule has 0 aliphatic rings. The van der Waals surface area contributed by atoms with Gasteiger partial charge in [-0.25, -0.2) is 14.2 Å². The van der Waals surface area contributed by atoms with Gasteiger partial charge in [-0.15, -0.1) is 0 Å². The van der Waals surface area contributed by atoms with E-state index in [0.717, 1.165) is 24.3 Å². The number of hydrogen-bond acceptors (Lipinski definition) is 5. The van der Waals surface area contributed by atoms with E-state index in [0.29, 0.717) is 34.6 Å². The van der Waals surface area contributed by atoms with Crippen molar-refractivity contribution in [3.63, 3.8) is 0 Å². The molecule has 4 rings (SSSR count). The minimum absolute atomic E-state index is 0.271. The largest absolute Gasteiger partial charge is 0.465 e. The number of aldehydes is 1. The van der Waals surface area contributed by atoms with E-state index in [1.54, 1.807) is 13.8 Å². The number of rotatable bonds is 4. The number of aryl methyl sites for hydroxylation is 2. The summed E-state index contributed by atoms with van der Waals surface area (Å²) in [5.74, 6) is -0.541. The van der Waals surface area contributed by atoms with Crippen LogP contribution in [-0.2, 0) is 17.1 Å². The molecule has 2 aromatic carbocycles. The molecule has 0 bridgehead atoms. The number of esters is 1. The second-order valence-electron chi connectivity index (χ2n) is 7.89. The number of ether oxygens (including phenoxy) is 1. The van der Waals surface area contributed by atoms with Crippen LogP contribution in [0.1, 0.15) is 43.2 Å². The van der Waals surface area contributed by atoms with Crippen molar-refractivity contribution >= 4 is 12.3 Å². The molecular formula is C25H20F6N4O3. The third kappa shape index (κ3) is 6.47. The zero-order chi connectivity index (χ0) is 28.3. The predicted octanol–water partition coefficient (Wildman–Crippen LogP) is 6.00. The molecule has 0 fully saturated rings. The monoisotopic (exact) mass is 538 g/mol. The van der Waals surface area contributed by atoms with Gasteiger partial charge in [-0.2, -0.15) is 36.5 Å². The maximum atomic E-state index is 12.5. The van der Waals surface area contributed by atoms with Crippen LogP contribution in [0.2, 0.25) is 0 Å². The van der Waals surface area contributed by atoms with E-state index in [1.165, 1.54) is 53.1 Å². The minimum Gasteiger partial charge on any atom is -0.465 e. The summed E-state index contributed by atoms with van der Waals surface area (Å²) in [6.07, 6.45) is -5.18. The molecule has 0 unspecified atom stereocenters. The first kappa shape index (κ1) is 28.2. The van der Waals surface area contributed by atoms with Crippen LogP contribution in [0.3, 0.4) is 0 Å². The lowest BCUT2D eigenvalue weighted by Gasteiger charge is -2.07. The molecule has 0 radical (unpaired) electrons. The second-order valence-corrected chi connectivity index (χ2v) is 7.89. The number of alkyl halides is 6. The van der Waals surface area contributed by atoms with Crippen LogP contribution in [0.4, 0.5) is 26.3 Å². The van der Waals surface area contributed by atoms with Gasteiger partial charge in [-0.05, 0) is 62.4 Å². The zero-order valence-corrected chi connectivity index (χ0v) is 20.1. The number of carbonyl (C=O) groups is 2. The van der Waals surface area contributed by atoms with Crippen LogP contribution in [0.25, 0.3) is 11.4 Å². The Morgan fingerprint density at radius 2 is 1.18 bits per heavy atom. The molecule has 2 aromatic heterocycles. The van der Waals surface area contributed by atoms with Gasteiger partial charge in [0.05, 0.1) is 46.6 Å². The minimum atomic E-state index is -4.38. The van der Waals surface area contributed by atoms with Crippen molar-refractivity contribution < 1.29 is 40.7 Å². The quantitative estimate of drug-likeness (QED) is 0.181. The summed E-state index contributed by atoms with van der Waals surface area (Å²) >= 11 is 0. The van der Waals surface area contributed by atoms with Gasteiger partial charge in [0, 0.05) is 12.4 Å². The third-order valence-corrected chi connectivity index (χ3v) is 5.29. The molecule has 0 saturated carbocycles. The Bertz CT molecular complexity index is 1420. The Hall–Kier alpha value is -4.42.